The summed E-state index contributed by atoms with van der Waals surface area (Å²) in [4.78, 5) is 99.4. The zero-order valence-electron chi connectivity index (χ0n) is 32.1. The molecule has 0 spiro atoms. The molecule has 2 N–H and O–H groups in total. The minimum Gasteiger partial charge on any atom is -0.481 e. The van der Waals surface area contributed by atoms with Crippen LogP contribution in [0.2, 0.25) is 0 Å². The van der Waals surface area contributed by atoms with Gasteiger partial charge in [-0.3, -0.25) is 38.6 Å². The fraction of sp³-hybridized carbons (Fsp3) is 0.588. The van der Waals surface area contributed by atoms with E-state index in [1.54, 1.807) is 20.8 Å². The van der Waals surface area contributed by atoms with E-state index in [9.17, 15) is 38.4 Å². The van der Waals surface area contributed by atoms with E-state index >= 15 is 0 Å². The van der Waals surface area contributed by atoms with E-state index in [0.717, 1.165) is 18.7 Å². The van der Waals surface area contributed by atoms with E-state index in [2.05, 4.69) is 27.7 Å². The summed E-state index contributed by atoms with van der Waals surface area (Å²) in [6.07, 6.45) is 0. The molecule has 0 saturated carbocycles. The summed E-state index contributed by atoms with van der Waals surface area (Å²) >= 11 is 0. The number of Topliss-reactive ketones (excluding diaryl/α,β-unsaturated/α-hetero) is 4. The number of imide groups is 2. The van der Waals surface area contributed by atoms with E-state index < -0.39 is 11.9 Å². The third-order valence-electron chi connectivity index (χ3n) is 2.02. The number of carboxylic acid groups (broad SMARTS) is 2. The molecule has 0 aliphatic carbocycles. The number of nitrogens with zero attached hydrogens (tertiary/aromatic N) is 2. The predicted molar refractivity (Wildman–Crippen MR) is 197 cm³/mol. The van der Waals surface area contributed by atoms with E-state index in [4.69, 9.17) is 19.8 Å². The third kappa shape index (κ3) is 376. The van der Waals surface area contributed by atoms with Gasteiger partial charge >= 0.3 is 0 Å². The van der Waals surface area contributed by atoms with Gasteiger partial charge in [0.15, 0.2) is 0 Å². The van der Waals surface area contributed by atoms with Crippen LogP contribution in [-0.4, -0.2) is 92.3 Å². The van der Waals surface area contributed by atoms with Crippen molar-refractivity contribution in [3.05, 3.63) is 27.7 Å². The Balaban J connectivity index is -0.0000000194. The number of carbonyl (C=O) groups is 10. The number of carbonyl (C=O) groups excluding carboxylic acids is 8. The van der Waals surface area contributed by atoms with Gasteiger partial charge in [0, 0.05) is 153 Å². The van der Waals surface area contributed by atoms with Crippen LogP contribution in [0.4, 0.5) is 0 Å². The van der Waals surface area contributed by atoms with Gasteiger partial charge < -0.3 is 57.1 Å². The Morgan fingerprint density at radius 2 is 0.549 bits per heavy atom. The van der Waals surface area contributed by atoms with E-state index in [0.29, 0.717) is 6.54 Å². The Kier molecular flexibility index (Phi) is 177. The quantitative estimate of drug-likeness (QED) is 0.282. The second kappa shape index (κ2) is 87.1. The first-order valence-electron chi connectivity index (χ1n) is 13.0. The first-order valence-corrected chi connectivity index (χ1v) is 13.0. The molecular formula is C34H72N2O12Y3-4. The zero-order chi connectivity index (χ0) is 39.6. The van der Waals surface area contributed by atoms with Crippen LogP contribution in [0.1, 0.15) is 126 Å². The van der Waals surface area contributed by atoms with Crippen molar-refractivity contribution >= 4 is 58.7 Å². The van der Waals surface area contributed by atoms with Crippen LogP contribution in [0.3, 0.4) is 0 Å². The third-order valence-corrected chi connectivity index (χ3v) is 2.02. The topological polar surface area (TPSA) is 218 Å². The molecule has 0 bridgehead atoms. The van der Waals surface area contributed by atoms with Crippen LogP contribution in [0, 0.1) is 27.7 Å². The molecule has 0 aromatic heterocycles. The maximum Gasteiger partial charge on any atom is 0.300 e. The SMILES string of the molecule is C.C.C.CC(=O)N(C)C(C)=O.CC(=O)O.CC(=O)O.CC(C)=O.CC(C)=O.CCN(C(C)=O)C(C)=O.[CH2-]C.[CH2-]C.[CH2-]C(C)=O.[CH2-]C(C)=O.[Y].[Y].[Y]. The summed E-state index contributed by atoms with van der Waals surface area (Å²) < 4.78 is 0. The normalized spacial score (nSPS) is 6.08. The first kappa shape index (κ1) is 104. The zero-order valence-corrected chi connectivity index (χ0v) is 40.7. The standard InChI is InChI=1S/C6H11NO2.C5H9NO2.2C3H6O.2C3H5O.2C2H4O2.2C2H5.3CH4.3Y/c1-4-7(5(2)8)6(3)9;1-4(7)6(3)5(2)8;4*1-3(2)4;2*1-2(3)4;2*1-2;;;;;;/h4H2,1-3H3;1-3H3;2*1-2H3;2*1H2,2H3;2*1H3,(H,3,4);2*1H2,2H3;3*1H4;;;/q;;;;2*-1;;;2*-1;;;;;;. The number of rotatable bonds is 1. The summed E-state index contributed by atoms with van der Waals surface area (Å²) in [5.74, 6) is -2.33. The van der Waals surface area contributed by atoms with Crippen LogP contribution in [0.5, 0.6) is 0 Å². The molecule has 0 atom stereocenters. The summed E-state index contributed by atoms with van der Waals surface area (Å²) in [7, 11) is 1.45. The Morgan fingerprint density at radius 1 is 0.451 bits per heavy atom. The second-order valence-electron chi connectivity index (χ2n) is 7.64. The Morgan fingerprint density at radius 3 is 0.549 bits per heavy atom. The van der Waals surface area contributed by atoms with Crippen molar-refractivity contribution in [3.8, 4) is 0 Å². The van der Waals surface area contributed by atoms with Gasteiger partial charge in [-0.1, -0.05) is 22.3 Å². The van der Waals surface area contributed by atoms with Crippen LogP contribution in [0.15, 0.2) is 0 Å². The molecule has 0 aliphatic heterocycles. The van der Waals surface area contributed by atoms with Gasteiger partial charge in [-0.25, -0.2) is 0 Å². The number of hydrogen-bond donors (Lipinski definition) is 2. The molecular weight excluding hydrogens is 895 g/mol. The molecule has 17 heteroatoms. The van der Waals surface area contributed by atoms with Crippen molar-refractivity contribution < 1.29 is 156 Å². The van der Waals surface area contributed by atoms with Gasteiger partial charge in [-0.15, -0.1) is 0 Å². The monoisotopic (exact) mass is 967 g/mol. The van der Waals surface area contributed by atoms with Gasteiger partial charge in [0.1, 0.15) is 11.6 Å². The second-order valence-corrected chi connectivity index (χ2v) is 7.64. The van der Waals surface area contributed by atoms with Crippen molar-refractivity contribution in [1.82, 2.24) is 9.80 Å². The molecule has 51 heavy (non-hydrogen) atoms. The van der Waals surface area contributed by atoms with E-state index in [1.807, 2.05) is 0 Å². The number of amides is 4. The minimum absolute atomic E-state index is 0. The van der Waals surface area contributed by atoms with Crippen LogP contribution >= 0.6 is 0 Å². The number of carboxylic acids is 2. The summed E-state index contributed by atoms with van der Waals surface area (Å²) in [5.41, 5.74) is 0. The fourth-order valence-electron chi connectivity index (χ4n) is 0.889. The van der Waals surface area contributed by atoms with E-state index in [-0.39, 0.29) is 167 Å². The molecule has 14 nitrogen and oxygen atoms in total. The average molecular weight is 968 g/mol. The van der Waals surface area contributed by atoms with Gasteiger partial charge in [-0.05, 0) is 60.0 Å². The molecule has 0 fully saturated rings. The van der Waals surface area contributed by atoms with Crippen molar-refractivity contribution in [3.63, 3.8) is 0 Å². The fourth-order valence-corrected chi connectivity index (χ4v) is 0.889. The van der Waals surface area contributed by atoms with Crippen LogP contribution < -0.4 is 0 Å². The van der Waals surface area contributed by atoms with E-state index in [1.165, 1.54) is 81.2 Å². The average Bonchev–Trinajstić information content (AvgIpc) is 2.79. The molecule has 0 saturated heterocycles. The Labute approximate surface area is 388 Å². The van der Waals surface area contributed by atoms with Crippen molar-refractivity contribution in [2.24, 2.45) is 0 Å². The number of hydrogen-bond acceptors (Lipinski definition) is 10. The van der Waals surface area contributed by atoms with Crippen LogP contribution in [0.25, 0.3) is 0 Å². The van der Waals surface area contributed by atoms with Gasteiger partial charge in [0.05, 0.1) is 0 Å². The van der Waals surface area contributed by atoms with Gasteiger partial charge in [0.25, 0.3) is 11.9 Å². The molecule has 0 unspecified atom stereocenters. The largest absolute Gasteiger partial charge is 0.481 e. The summed E-state index contributed by atoms with van der Waals surface area (Å²) in [5, 5.41) is 14.8. The molecule has 3 radical (unpaired) electrons. The molecule has 303 valence electrons. The molecule has 0 heterocycles. The van der Waals surface area contributed by atoms with Crippen molar-refractivity contribution in [2.75, 3.05) is 13.6 Å². The summed E-state index contributed by atoms with van der Waals surface area (Å²) in [6, 6.07) is 0. The summed E-state index contributed by atoms with van der Waals surface area (Å²) in [6.45, 7) is 34.8. The smallest absolute Gasteiger partial charge is 0.300 e. The Hall–Kier alpha value is -1.05. The van der Waals surface area contributed by atoms with Crippen LogP contribution in [-0.2, 0) is 146 Å². The molecule has 0 aromatic rings. The minimum atomic E-state index is -0.833. The van der Waals surface area contributed by atoms with Gasteiger partial charge in [0.2, 0.25) is 23.6 Å². The predicted octanol–water partition coefficient (Wildman–Crippen LogP) is 6.19. The van der Waals surface area contributed by atoms with Gasteiger partial charge in [-0.2, -0.15) is 13.8 Å². The molecule has 0 aromatic carbocycles. The molecule has 0 aliphatic rings. The van der Waals surface area contributed by atoms with Crippen molar-refractivity contribution in [1.29, 1.82) is 0 Å². The molecule has 4 amide bonds. The Bertz CT molecular complexity index is 694. The van der Waals surface area contributed by atoms with Crippen molar-refractivity contribution in [2.45, 2.75) is 126 Å². The number of aliphatic carboxylic acids is 2. The molecule has 0 rings (SSSR count). The number of ketones is 4. The maximum absolute atomic E-state index is 10.5. The maximum atomic E-state index is 10.5. The first-order chi connectivity index (χ1) is 20.0.